The summed E-state index contributed by atoms with van der Waals surface area (Å²) < 4.78 is 4.05. The summed E-state index contributed by atoms with van der Waals surface area (Å²) >= 11 is 1.39. The van der Waals surface area contributed by atoms with Crippen LogP contribution in [0.25, 0.3) is 11.4 Å². The van der Waals surface area contributed by atoms with Crippen LogP contribution in [0, 0.1) is 13.8 Å². The summed E-state index contributed by atoms with van der Waals surface area (Å²) in [5, 5.41) is 9.29. The van der Waals surface area contributed by atoms with Crippen LogP contribution in [0.5, 0.6) is 0 Å². The minimum absolute atomic E-state index is 0.0760. The number of hydrogen-bond acceptors (Lipinski definition) is 5. The van der Waals surface area contributed by atoms with E-state index in [-0.39, 0.29) is 5.78 Å². The summed E-state index contributed by atoms with van der Waals surface area (Å²) in [4.78, 5) is 16.9. The van der Waals surface area contributed by atoms with Gasteiger partial charge in [0.15, 0.2) is 16.8 Å². The van der Waals surface area contributed by atoms with Crippen LogP contribution in [0.3, 0.4) is 0 Å². The number of pyridine rings is 1. The topological polar surface area (TPSA) is 65.6 Å². The van der Waals surface area contributed by atoms with E-state index in [2.05, 4.69) is 32.9 Å². The zero-order valence-electron chi connectivity index (χ0n) is 16.1. The molecule has 7 heteroatoms. The van der Waals surface area contributed by atoms with Gasteiger partial charge in [0.05, 0.1) is 5.75 Å². The highest BCUT2D eigenvalue weighted by Gasteiger charge is 2.18. The minimum Gasteiger partial charge on any atom is -0.345 e. The van der Waals surface area contributed by atoms with Gasteiger partial charge >= 0.3 is 0 Å². The lowest BCUT2D eigenvalue weighted by atomic mass is 10.2. The van der Waals surface area contributed by atoms with Gasteiger partial charge in [-0.25, -0.2) is 0 Å². The molecule has 3 aromatic heterocycles. The van der Waals surface area contributed by atoms with Gasteiger partial charge in [0.25, 0.3) is 0 Å². The van der Waals surface area contributed by atoms with Gasteiger partial charge in [0.2, 0.25) is 0 Å². The number of carbonyl (C=O) groups is 1. The lowest BCUT2D eigenvalue weighted by Gasteiger charge is -2.08. The molecule has 0 radical (unpaired) electrons. The number of allylic oxidation sites excluding steroid dienone is 2. The van der Waals surface area contributed by atoms with E-state index in [0.717, 1.165) is 28.3 Å². The number of rotatable bonds is 9. The molecule has 144 valence electrons. The van der Waals surface area contributed by atoms with Crippen molar-refractivity contribution in [1.29, 1.82) is 0 Å². The largest absolute Gasteiger partial charge is 0.345 e. The molecular formula is C21H23N5OS. The summed E-state index contributed by atoms with van der Waals surface area (Å²) in [6.45, 7) is 12.8. The Balaban J connectivity index is 1.80. The summed E-state index contributed by atoms with van der Waals surface area (Å²) in [5.74, 6) is 1.11. The van der Waals surface area contributed by atoms with Crippen molar-refractivity contribution in [3.63, 3.8) is 0 Å². The van der Waals surface area contributed by atoms with Crippen LogP contribution in [0.15, 0.2) is 61.1 Å². The molecule has 0 aliphatic carbocycles. The Labute approximate surface area is 169 Å². The maximum absolute atomic E-state index is 12.8. The van der Waals surface area contributed by atoms with Crippen molar-refractivity contribution in [3.8, 4) is 11.4 Å². The summed E-state index contributed by atoms with van der Waals surface area (Å²) in [5.41, 5.74) is 3.69. The fourth-order valence-electron chi connectivity index (χ4n) is 3.11. The lowest BCUT2D eigenvalue weighted by molar-refractivity contribution is 0.102. The van der Waals surface area contributed by atoms with Crippen molar-refractivity contribution >= 4 is 17.5 Å². The van der Waals surface area contributed by atoms with Crippen LogP contribution in [-0.4, -0.2) is 35.9 Å². The molecule has 0 bridgehead atoms. The number of ketones is 1. The Morgan fingerprint density at radius 2 is 1.79 bits per heavy atom. The van der Waals surface area contributed by atoms with Crippen molar-refractivity contribution in [2.45, 2.75) is 32.1 Å². The van der Waals surface area contributed by atoms with Crippen LogP contribution in [0.1, 0.15) is 21.7 Å². The third-order valence-corrected chi connectivity index (χ3v) is 5.45. The Hall–Kier alpha value is -2.93. The third kappa shape index (κ3) is 3.99. The van der Waals surface area contributed by atoms with Crippen molar-refractivity contribution in [1.82, 2.24) is 24.3 Å². The van der Waals surface area contributed by atoms with Gasteiger partial charge in [-0.1, -0.05) is 23.9 Å². The highest BCUT2D eigenvalue weighted by molar-refractivity contribution is 7.99. The average Bonchev–Trinajstić information content (AvgIpc) is 3.23. The second kappa shape index (κ2) is 8.84. The molecule has 6 nitrogen and oxygen atoms in total. The monoisotopic (exact) mass is 393 g/mol. The molecule has 3 heterocycles. The van der Waals surface area contributed by atoms with E-state index in [0.29, 0.717) is 24.0 Å². The molecule has 0 atom stereocenters. The molecule has 0 fully saturated rings. The van der Waals surface area contributed by atoms with E-state index < -0.39 is 0 Å². The predicted molar refractivity (Wildman–Crippen MR) is 113 cm³/mol. The van der Waals surface area contributed by atoms with Gasteiger partial charge in [-0.05, 0) is 32.0 Å². The summed E-state index contributed by atoms with van der Waals surface area (Å²) in [7, 11) is 0. The Morgan fingerprint density at radius 3 is 2.46 bits per heavy atom. The maximum atomic E-state index is 12.8. The lowest BCUT2D eigenvalue weighted by Crippen LogP contribution is -2.07. The quantitative estimate of drug-likeness (QED) is 0.311. The maximum Gasteiger partial charge on any atom is 0.192 e. The molecule has 0 amide bonds. The van der Waals surface area contributed by atoms with E-state index in [1.165, 1.54) is 11.8 Å². The van der Waals surface area contributed by atoms with Gasteiger partial charge in [-0.2, -0.15) is 0 Å². The molecule has 0 N–H and O–H groups in total. The first-order chi connectivity index (χ1) is 13.6. The SMILES string of the molecule is C=CCn1c(SCC(=O)c2cc(C)n(CC=C)c2C)nnc1-c1ccncc1. The van der Waals surface area contributed by atoms with E-state index in [1.54, 1.807) is 18.5 Å². The van der Waals surface area contributed by atoms with Gasteiger partial charge < -0.3 is 4.57 Å². The number of nitrogens with zero attached hydrogens (tertiary/aromatic N) is 5. The average molecular weight is 394 g/mol. The molecule has 0 aliphatic heterocycles. The molecule has 0 spiro atoms. The van der Waals surface area contributed by atoms with Crippen LogP contribution in [0.2, 0.25) is 0 Å². The van der Waals surface area contributed by atoms with E-state index in [9.17, 15) is 4.79 Å². The molecule has 28 heavy (non-hydrogen) atoms. The Kier molecular flexibility index (Phi) is 6.26. The van der Waals surface area contributed by atoms with Crippen LogP contribution in [0.4, 0.5) is 0 Å². The van der Waals surface area contributed by atoms with Gasteiger partial charge in [-0.3, -0.25) is 14.3 Å². The number of carbonyl (C=O) groups excluding carboxylic acids is 1. The summed E-state index contributed by atoms with van der Waals surface area (Å²) in [6, 6.07) is 5.72. The predicted octanol–water partition coefficient (Wildman–Crippen LogP) is 4.11. The molecule has 3 aromatic rings. The fourth-order valence-corrected chi connectivity index (χ4v) is 3.94. The molecule has 0 saturated heterocycles. The molecule has 0 saturated carbocycles. The van der Waals surface area contributed by atoms with Crippen molar-refractivity contribution in [3.05, 3.63) is 72.9 Å². The number of aryl methyl sites for hydroxylation is 1. The van der Waals surface area contributed by atoms with Crippen molar-refractivity contribution in [2.75, 3.05) is 5.75 Å². The first kappa shape index (κ1) is 19.8. The summed E-state index contributed by atoms with van der Waals surface area (Å²) in [6.07, 6.45) is 7.07. The van der Waals surface area contributed by atoms with Gasteiger partial charge in [0, 0.05) is 48.0 Å². The van der Waals surface area contributed by atoms with Crippen molar-refractivity contribution < 1.29 is 4.79 Å². The standard InChI is InChI=1S/C21H23N5OS/c1-5-11-25-15(3)13-18(16(25)4)19(27)14-28-21-24-23-20(26(21)12-6-2)17-7-9-22-10-8-17/h5-10,13H,1-2,11-12,14H2,3-4H3. The van der Waals surface area contributed by atoms with Crippen LogP contribution in [-0.2, 0) is 13.1 Å². The smallest absolute Gasteiger partial charge is 0.192 e. The number of thioether (sulfide) groups is 1. The fraction of sp³-hybridized carbons (Fsp3) is 0.238. The van der Waals surface area contributed by atoms with Gasteiger partial charge in [-0.15, -0.1) is 23.4 Å². The Bertz CT molecular complexity index is 1000. The van der Waals surface area contributed by atoms with E-state index in [4.69, 9.17) is 0 Å². The number of aromatic nitrogens is 5. The number of Topliss-reactive ketones (excluding diaryl/α,β-unsaturated/α-hetero) is 1. The molecule has 0 aromatic carbocycles. The zero-order valence-corrected chi connectivity index (χ0v) is 16.9. The highest BCUT2D eigenvalue weighted by Crippen LogP contribution is 2.25. The normalized spacial score (nSPS) is 10.8. The van der Waals surface area contributed by atoms with Crippen molar-refractivity contribution in [2.24, 2.45) is 0 Å². The van der Waals surface area contributed by atoms with Gasteiger partial charge in [0.1, 0.15) is 0 Å². The minimum atomic E-state index is 0.0760. The zero-order chi connectivity index (χ0) is 20.1. The van der Waals surface area contributed by atoms with Crippen LogP contribution < -0.4 is 0 Å². The first-order valence-corrected chi connectivity index (χ1v) is 9.93. The first-order valence-electron chi connectivity index (χ1n) is 8.95. The second-order valence-electron chi connectivity index (χ2n) is 6.34. The molecular weight excluding hydrogens is 370 g/mol. The molecule has 3 rings (SSSR count). The second-order valence-corrected chi connectivity index (χ2v) is 7.28. The van der Waals surface area contributed by atoms with E-state index in [1.807, 2.05) is 42.7 Å². The number of hydrogen-bond donors (Lipinski definition) is 0. The third-order valence-electron chi connectivity index (χ3n) is 4.49. The highest BCUT2D eigenvalue weighted by atomic mass is 32.2. The van der Waals surface area contributed by atoms with Crippen LogP contribution >= 0.6 is 11.8 Å². The van der Waals surface area contributed by atoms with E-state index >= 15 is 0 Å². The molecule has 0 unspecified atom stereocenters. The molecule has 0 aliphatic rings. The Morgan fingerprint density at radius 1 is 1.11 bits per heavy atom.